The highest BCUT2D eigenvalue weighted by Crippen LogP contribution is 2.41. The van der Waals surface area contributed by atoms with E-state index in [1.165, 1.54) is 6.42 Å². The second-order valence-electron chi connectivity index (χ2n) is 6.14. The van der Waals surface area contributed by atoms with Crippen LogP contribution in [-0.4, -0.2) is 13.9 Å². The summed E-state index contributed by atoms with van der Waals surface area (Å²) < 4.78 is 15.4. The van der Waals surface area contributed by atoms with E-state index in [0.29, 0.717) is 0 Å². The molecule has 1 unspecified atom stereocenters. The van der Waals surface area contributed by atoms with Crippen LogP contribution in [0.1, 0.15) is 51.3 Å². The molecule has 18 heavy (non-hydrogen) atoms. The van der Waals surface area contributed by atoms with E-state index in [0.717, 1.165) is 24.1 Å². The van der Waals surface area contributed by atoms with Crippen molar-refractivity contribution in [2.45, 2.75) is 57.2 Å². The van der Waals surface area contributed by atoms with Gasteiger partial charge in [-0.05, 0) is 58.6 Å². The van der Waals surface area contributed by atoms with E-state index in [2.05, 4.69) is 21.8 Å². The molecular formula is C14H22N2OS. The first-order chi connectivity index (χ1) is 8.33. The lowest BCUT2D eigenvalue weighted by molar-refractivity contribution is 0.220. The first kappa shape index (κ1) is 13.7. The van der Waals surface area contributed by atoms with Crippen LogP contribution in [0.2, 0.25) is 0 Å². The minimum Gasteiger partial charge on any atom is -0.259 e. The van der Waals surface area contributed by atoms with Gasteiger partial charge >= 0.3 is 0 Å². The molecule has 100 valence electrons. The van der Waals surface area contributed by atoms with Gasteiger partial charge in [0.05, 0.1) is 27.0 Å². The Morgan fingerprint density at radius 1 is 1.33 bits per heavy atom. The molecule has 1 N–H and O–H groups in total. The third kappa shape index (κ3) is 2.64. The van der Waals surface area contributed by atoms with Crippen LogP contribution in [0.15, 0.2) is 18.3 Å². The lowest BCUT2D eigenvalue weighted by atomic mass is 9.75. The first-order valence-corrected chi connectivity index (χ1v) is 7.61. The van der Waals surface area contributed by atoms with Crippen molar-refractivity contribution in [2.24, 2.45) is 0 Å². The highest BCUT2D eigenvalue weighted by atomic mass is 32.2. The molecule has 1 saturated carbocycles. The molecule has 0 aromatic carbocycles. The summed E-state index contributed by atoms with van der Waals surface area (Å²) in [4.78, 5) is 4.51. The van der Waals surface area contributed by atoms with Crippen LogP contribution < -0.4 is 4.72 Å². The van der Waals surface area contributed by atoms with Gasteiger partial charge in [0.15, 0.2) is 0 Å². The Morgan fingerprint density at radius 3 is 2.39 bits per heavy atom. The molecule has 0 saturated heterocycles. The highest BCUT2D eigenvalue weighted by Gasteiger charge is 2.42. The fourth-order valence-corrected chi connectivity index (χ4v) is 2.99. The highest BCUT2D eigenvalue weighted by molar-refractivity contribution is 7.84. The zero-order chi connectivity index (χ0) is 13.4. The number of hydrogen-bond acceptors (Lipinski definition) is 2. The van der Waals surface area contributed by atoms with Crippen molar-refractivity contribution < 1.29 is 4.21 Å². The normalized spacial score (nSPS) is 20.2. The summed E-state index contributed by atoms with van der Waals surface area (Å²) in [5, 5.41) is 0. The van der Waals surface area contributed by atoms with Gasteiger partial charge < -0.3 is 0 Å². The Balaban J connectivity index is 2.21. The summed E-state index contributed by atoms with van der Waals surface area (Å²) in [5.41, 5.74) is 2.01. The molecule has 0 bridgehead atoms. The molecule has 1 aliphatic rings. The lowest BCUT2D eigenvalue weighted by Crippen LogP contribution is -2.52. The van der Waals surface area contributed by atoms with Gasteiger partial charge in [-0.2, -0.15) is 0 Å². The smallest absolute Gasteiger partial charge is 0.0979 e. The van der Waals surface area contributed by atoms with Crippen LogP contribution in [0.4, 0.5) is 0 Å². The number of aryl methyl sites for hydroxylation is 1. The fraction of sp³-hybridized carbons (Fsp3) is 0.643. The average molecular weight is 266 g/mol. The van der Waals surface area contributed by atoms with E-state index in [1.54, 1.807) is 0 Å². The molecule has 1 heterocycles. The van der Waals surface area contributed by atoms with Crippen LogP contribution in [0.25, 0.3) is 0 Å². The van der Waals surface area contributed by atoms with Crippen molar-refractivity contribution in [2.75, 3.05) is 0 Å². The van der Waals surface area contributed by atoms with Gasteiger partial charge in [-0.15, -0.1) is 0 Å². The molecular weight excluding hydrogens is 244 g/mol. The number of pyridine rings is 1. The summed E-state index contributed by atoms with van der Waals surface area (Å²) in [5.74, 6) is 0. The Labute approximate surface area is 112 Å². The summed E-state index contributed by atoms with van der Waals surface area (Å²) >= 11 is 0. The number of nitrogens with one attached hydrogen (secondary N) is 1. The van der Waals surface area contributed by atoms with Gasteiger partial charge in [0, 0.05) is 6.20 Å². The molecule has 1 aliphatic carbocycles. The molecule has 0 amide bonds. The second kappa shape index (κ2) is 4.74. The SMILES string of the molecule is Cc1ccc(C2(NS(=O)C(C)(C)C)CCC2)nc1. The van der Waals surface area contributed by atoms with Gasteiger partial charge in [0.2, 0.25) is 0 Å². The third-order valence-electron chi connectivity index (χ3n) is 3.45. The molecule has 3 nitrogen and oxygen atoms in total. The van der Waals surface area contributed by atoms with Gasteiger partial charge in [0.1, 0.15) is 0 Å². The van der Waals surface area contributed by atoms with Crippen LogP contribution in [0, 0.1) is 6.92 Å². The van der Waals surface area contributed by atoms with Crippen molar-refractivity contribution >= 4 is 11.0 Å². The number of aromatic nitrogens is 1. The van der Waals surface area contributed by atoms with E-state index < -0.39 is 11.0 Å². The van der Waals surface area contributed by atoms with Crippen molar-refractivity contribution in [3.8, 4) is 0 Å². The van der Waals surface area contributed by atoms with E-state index in [4.69, 9.17) is 0 Å². The Bertz CT molecular complexity index is 444. The molecule has 0 radical (unpaired) electrons. The molecule has 4 heteroatoms. The Kier molecular flexibility index (Phi) is 3.60. The molecule has 1 aromatic rings. The van der Waals surface area contributed by atoms with E-state index in [1.807, 2.05) is 33.9 Å². The van der Waals surface area contributed by atoms with Gasteiger partial charge in [-0.25, -0.2) is 8.93 Å². The average Bonchev–Trinajstić information content (AvgIpc) is 2.23. The lowest BCUT2D eigenvalue weighted by Gasteiger charge is -2.43. The van der Waals surface area contributed by atoms with Crippen LogP contribution >= 0.6 is 0 Å². The predicted octanol–water partition coefficient (Wildman–Crippen LogP) is 2.82. The van der Waals surface area contributed by atoms with Gasteiger partial charge in [-0.3, -0.25) is 4.98 Å². The molecule has 0 spiro atoms. The van der Waals surface area contributed by atoms with Crippen LogP contribution in [0.3, 0.4) is 0 Å². The van der Waals surface area contributed by atoms with Crippen molar-refractivity contribution in [3.05, 3.63) is 29.6 Å². The van der Waals surface area contributed by atoms with E-state index in [-0.39, 0.29) is 10.3 Å². The minimum atomic E-state index is -1.05. The van der Waals surface area contributed by atoms with Crippen molar-refractivity contribution in [1.82, 2.24) is 9.71 Å². The van der Waals surface area contributed by atoms with Crippen molar-refractivity contribution in [3.63, 3.8) is 0 Å². The maximum atomic E-state index is 12.3. The molecule has 1 aromatic heterocycles. The molecule has 1 fully saturated rings. The van der Waals surface area contributed by atoms with E-state index in [9.17, 15) is 4.21 Å². The standard InChI is InChI=1S/C14H22N2OS/c1-11-6-7-12(15-10-11)14(8-5-9-14)16-18(17)13(2,3)4/h6-7,10,16H,5,8-9H2,1-4H3. The second-order valence-corrected chi connectivity index (χ2v) is 8.11. The van der Waals surface area contributed by atoms with Gasteiger partial charge in [-0.1, -0.05) is 6.07 Å². The quantitative estimate of drug-likeness (QED) is 0.914. The predicted molar refractivity (Wildman–Crippen MR) is 75.5 cm³/mol. The largest absolute Gasteiger partial charge is 0.259 e. The maximum Gasteiger partial charge on any atom is 0.0979 e. The first-order valence-electron chi connectivity index (χ1n) is 6.46. The monoisotopic (exact) mass is 266 g/mol. The van der Waals surface area contributed by atoms with Gasteiger partial charge in [0.25, 0.3) is 0 Å². The number of nitrogens with zero attached hydrogens (tertiary/aromatic N) is 1. The summed E-state index contributed by atoms with van der Waals surface area (Å²) in [6.07, 6.45) is 5.09. The van der Waals surface area contributed by atoms with E-state index >= 15 is 0 Å². The Morgan fingerprint density at radius 2 is 2.00 bits per heavy atom. The maximum absolute atomic E-state index is 12.3. The summed E-state index contributed by atoms with van der Waals surface area (Å²) in [7, 11) is -1.05. The van der Waals surface area contributed by atoms with Crippen LogP contribution in [0.5, 0.6) is 0 Å². The zero-order valence-corrected chi connectivity index (χ0v) is 12.4. The minimum absolute atomic E-state index is 0.175. The summed E-state index contributed by atoms with van der Waals surface area (Å²) in [6, 6.07) is 4.13. The third-order valence-corrected chi connectivity index (χ3v) is 5.14. The van der Waals surface area contributed by atoms with Crippen molar-refractivity contribution in [1.29, 1.82) is 0 Å². The zero-order valence-electron chi connectivity index (χ0n) is 11.6. The topological polar surface area (TPSA) is 42.0 Å². The molecule has 0 aliphatic heterocycles. The number of rotatable bonds is 3. The molecule has 1 atom stereocenters. The number of hydrogen-bond donors (Lipinski definition) is 1. The fourth-order valence-electron chi connectivity index (χ4n) is 2.02. The van der Waals surface area contributed by atoms with Crippen LogP contribution in [-0.2, 0) is 16.5 Å². The summed E-state index contributed by atoms with van der Waals surface area (Å²) in [6.45, 7) is 8.01. The molecule has 2 rings (SSSR count). The Hall–Kier alpha value is -0.740.